The van der Waals surface area contributed by atoms with Crippen LogP contribution in [0.1, 0.15) is 10.4 Å². The van der Waals surface area contributed by atoms with E-state index in [1.807, 2.05) is 42.1 Å². The van der Waals surface area contributed by atoms with Crippen molar-refractivity contribution in [2.75, 3.05) is 0 Å². The first kappa shape index (κ1) is 8.69. The number of amides is 1. The van der Waals surface area contributed by atoms with Crippen molar-refractivity contribution in [2.24, 2.45) is 12.8 Å². The number of pyridine rings is 1. The van der Waals surface area contributed by atoms with Crippen molar-refractivity contribution >= 4 is 16.8 Å². The van der Waals surface area contributed by atoms with Gasteiger partial charge in [0.25, 0.3) is 0 Å². The van der Waals surface area contributed by atoms with Gasteiger partial charge in [-0.05, 0) is 6.07 Å². The Morgan fingerprint density at radius 3 is 2.71 bits per heavy atom. The summed E-state index contributed by atoms with van der Waals surface area (Å²) in [5, 5.41) is 0.894. The molecular formula is C11H11N2O+. The molecule has 0 unspecified atom stereocenters. The standard InChI is InChI=1S/C11H10N2O/c1-13-7-6-9(11(12)14)8-4-2-3-5-10(8)13/h2-7H,1H3,(H-,12,14)/p+1. The van der Waals surface area contributed by atoms with Crippen LogP contribution in [0.3, 0.4) is 0 Å². The third kappa shape index (κ3) is 1.23. The van der Waals surface area contributed by atoms with E-state index < -0.39 is 0 Å². The van der Waals surface area contributed by atoms with Crippen molar-refractivity contribution in [3.05, 3.63) is 42.1 Å². The van der Waals surface area contributed by atoms with E-state index in [9.17, 15) is 4.79 Å². The van der Waals surface area contributed by atoms with Gasteiger partial charge in [-0.2, -0.15) is 0 Å². The lowest BCUT2D eigenvalue weighted by atomic mass is 10.1. The van der Waals surface area contributed by atoms with Crippen molar-refractivity contribution in [3.63, 3.8) is 0 Å². The molecule has 0 aliphatic carbocycles. The minimum Gasteiger partial charge on any atom is -0.366 e. The molecule has 1 aromatic carbocycles. The summed E-state index contributed by atoms with van der Waals surface area (Å²) in [4.78, 5) is 11.1. The maximum atomic E-state index is 11.1. The Bertz CT molecular complexity index is 506. The Hall–Kier alpha value is -1.90. The molecule has 0 aliphatic rings. The summed E-state index contributed by atoms with van der Waals surface area (Å²) in [6.07, 6.45) is 1.84. The fraction of sp³-hybridized carbons (Fsp3) is 0.0909. The zero-order valence-electron chi connectivity index (χ0n) is 7.90. The van der Waals surface area contributed by atoms with Crippen molar-refractivity contribution in [2.45, 2.75) is 0 Å². The molecule has 0 saturated heterocycles. The molecular weight excluding hydrogens is 176 g/mol. The number of rotatable bonds is 1. The predicted octanol–water partition coefficient (Wildman–Crippen LogP) is 0.763. The summed E-state index contributed by atoms with van der Waals surface area (Å²) in [7, 11) is 1.94. The first-order valence-corrected chi connectivity index (χ1v) is 4.37. The fourth-order valence-corrected chi connectivity index (χ4v) is 1.58. The highest BCUT2D eigenvalue weighted by atomic mass is 16.1. The van der Waals surface area contributed by atoms with Gasteiger partial charge in [-0.25, -0.2) is 4.57 Å². The van der Waals surface area contributed by atoms with Crippen LogP contribution in [-0.4, -0.2) is 5.91 Å². The Balaban J connectivity index is 2.88. The number of hydrogen-bond acceptors (Lipinski definition) is 1. The molecule has 3 heteroatoms. The van der Waals surface area contributed by atoms with Gasteiger partial charge in [-0.1, -0.05) is 12.1 Å². The molecule has 14 heavy (non-hydrogen) atoms. The SMILES string of the molecule is C[n+]1ccc(C(N)=O)c2ccccc21. The zero-order valence-corrected chi connectivity index (χ0v) is 7.90. The zero-order chi connectivity index (χ0) is 10.1. The lowest BCUT2D eigenvalue weighted by Crippen LogP contribution is -2.29. The molecule has 0 radical (unpaired) electrons. The second-order valence-corrected chi connectivity index (χ2v) is 3.22. The number of nitrogens with two attached hydrogens (primary N) is 1. The number of primary amides is 1. The van der Waals surface area contributed by atoms with E-state index in [-0.39, 0.29) is 5.91 Å². The van der Waals surface area contributed by atoms with Crippen molar-refractivity contribution < 1.29 is 9.36 Å². The molecule has 0 saturated carbocycles. The van der Waals surface area contributed by atoms with E-state index >= 15 is 0 Å². The maximum Gasteiger partial charge on any atom is 0.249 e. The molecule has 0 bridgehead atoms. The summed E-state index contributed by atoms with van der Waals surface area (Å²) in [6, 6.07) is 9.43. The molecule has 2 aromatic rings. The summed E-state index contributed by atoms with van der Waals surface area (Å²) < 4.78 is 1.96. The number of carbonyl (C=O) groups excluding carboxylic acids is 1. The lowest BCUT2D eigenvalue weighted by molar-refractivity contribution is -0.644. The van der Waals surface area contributed by atoms with Crippen LogP contribution in [0.25, 0.3) is 10.9 Å². The quantitative estimate of drug-likeness (QED) is 0.658. The molecule has 2 rings (SSSR count). The number of hydrogen-bond donors (Lipinski definition) is 1. The fourth-order valence-electron chi connectivity index (χ4n) is 1.58. The Morgan fingerprint density at radius 1 is 1.29 bits per heavy atom. The second-order valence-electron chi connectivity index (χ2n) is 3.22. The average molecular weight is 187 g/mol. The number of benzene rings is 1. The highest BCUT2D eigenvalue weighted by Gasteiger charge is 2.11. The van der Waals surface area contributed by atoms with E-state index in [2.05, 4.69) is 0 Å². The number of carbonyl (C=O) groups is 1. The topological polar surface area (TPSA) is 47.0 Å². The first-order chi connectivity index (χ1) is 6.70. The molecule has 0 fully saturated rings. The van der Waals surface area contributed by atoms with E-state index in [1.54, 1.807) is 6.07 Å². The average Bonchev–Trinajstić information content (AvgIpc) is 2.18. The molecule has 1 aromatic heterocycles. The van der Waals surface area contributed by atoms with Gasteiger partial charge >= 0.3 is 0 Å². The number of nitrogens with zero attached hydrogens (tertiary/aromatic N) is 1. The minimum absolute atomic E-state index is 0.387. The van der Waals surface area contributed by atoms with Gasteiger partial charge < -0.3 is 5.73 Å². The van der Waals surface area contributed by atoms with Crippen LogP contribution in [0.15, 0.2) is 36.5 Å². The van der Waals surface area contributed by atoms with Crippen LogP contribution in [-0.2, 0) is 7.05 Å². The van der Waals surface area contributed by atoms with Crippen LogP contribution in [0, 0.1) is 0 Å². The van der Waals surface area contributed by atoms with Gasteiger partial charge in [0.1, 0.15) is 7.05 Å². The first-order valence-electron chi connectivity index (χ1n) is 4.37. The van der Waals surface area contributed by atoms with Gasteiger partial charge in [-0.3, -0.25) is 4.79 Å². The monoisotopic (exact) mass is 187 g/mol. The van der Waals surface area contributed by atoms with Crippen LogP contribution < -0.4 is 10.3 Å². The van der Waals surface area contributed by atoms with Gasteiger partial charge in [0.2, 0.25) is 11.4 Å². The van der Waals surface area contributed by atoms with Gasteiger partial charge in [-0.15, -0.1) is 0 Å². The molecule has 1 heterocycles. The Kier molecular flexibility index (Phi) is 1.93. The smallest absolute Gasteiger partial charge is 0.249 e. The van der Waals surface area contributed by atoms with Crippen molar-refractivity contribution in [1.29, 1.82) is 0 Å². The highest BCUT2D eigenvalue weighted by molar-refractivity contribution is 6.04. The lowest BCUT2D eigenvalue weighted by Gasteiger charge is -2.00. The second kappa shape index (κ2) is 3.10. The van der Waals surface area contributed by atoms with E-state index in [0.717, 1.165) is 10.9 Å². The number of para-hydroxylation sites is 1. The van der Waals surface area contributed by atoms with Crippen molar-refractivity contribution in [3.8, 4) is 0 Å². The molecule has 0 aliphatic heterocycles. The van der Waals surface area contributed by atoms with Gasteiger partial charge in [0.05, 0.1) is 10.9 Å². The molecule has 1 amide bonds. The third-order valence-electron chi connectivity index (χ3n) is 2.30. The van der Waals surface area contributed by atoms with Crippen LogP contribution in [0.5, 0.6) is 0 Å². The summed E-state index contributed by atoms with van der Waals surface area (Å²) in [5.41, 5.74) is 6.85. The number of aryl methyl sites for hydroxylation is 1. The Labute approximate surface area is 81.8 Å². The van der Waals surface area contributed by atoms with Gasteiger partial charge in [0, 0.05) is 12.1 Å². The van der Waals surface area contributed by atoms with E-state index in [1.165, 1.54) is 0 Å². The van der Waals surface area contributed by atoms with Crippen LogP contribution >= 0.6 is 0 Å². The van der Waals surface area contributed by atoms with Crippen LogP contribution in [0.2, 0.25) is 0 Å². The summed E-state index contributed by atoms with van der Waals surface area (Å²) in [5.74, 6) is -0.387. The summed E-state index contributed by atoms with van der Waals surface area (Å²) >= 11 is 0. The summed E-state index contributed by atoms with van der Waals surface area (Å²) in [6.45, 7) is 0. The maximum absolute atomic E-state index is 11.1. The Morgan fingerprint density at radius 2 is 2.00 bits per heavy atom. The molecule has 0 spiro atoms. The van der Waals surface area contributed by atoms with Crippen molar-refractivity contribution in [1.82, 2.24) is 0 Å². The normalized spacial score (nSPS) is 10.4. The number of aromatic nitrogens is 1. The molecule has 3 nitrogen and oxygen atoms in total. The largest absolute Gasteiger partial charge is 0.366 e. The van der Waals surface area contributed by atoms with Gasteiger partial charge in [0.15, 0.2) is 6.20 Å². The van der Waals surface area contributed by atoms with E-state index in [4.69, 9.17) is 5.73 Å². The molecule has 2 N–H and O–H groups in total. The number of fused-ring (bicyclic) bond motifs is 1. The van der Waals surface area contributed by atoms with E-state index in [0.29, 0.717) is 5.56 Å². The molecule has 0 atom stereocenters. The third-order valence-corrected chi connectivity index (χ3v) is 2.30. The molecule has 70 valence electrons. The predicted molar refractivity (Wildman–Crippen MR) is 53.6 cm³/mol. The van der Waals surface area contributed by atoms with Crippen LogP contribution in [0.4, 0.5) is 0 Å². The minimum atomic E-state index is -0.387. The highest BCUT2D eigenvalue weighted by Crippen LogP contribution is 2.13.